The maximum Gasteiger partial charge on any atom is 0.0135 e. The van der Waals surface area contributed by atoms with Gasteiger partial charge in [0.15, 0.2) is 0 Å². The molecule has 1 nitrogen and oxygen atoms in total. The van der Waals surface area contributed by atoms with E-state index in [2.05, 4.69) is 27.4 Å². The molecule has 0 saturated heterocycles. The molecule has 0 unspecified atom stereocenters. The molecule has 0 aromatic rings. The first-order chi connectivity index (χ1) is 3.98. The summed E-state index contributed by atoms with van der Waals surface area (Å²) in [5.74, 6) is 0. The number of nitrogens with two attached hydrogens (primary N) is 1. The average Bonchev–Trinajstić information content (AvgIpc) is 1.64. The Bertz CT molecular complexity index is 126. The van der Waals surface area contributed by atoms with E-state index in [-0.39, 0.29) is 5.41 Å². The second kappa shape index (κ2) is 2.72. The van der Waals surface area contributed by atoms with Crippen molar-refractivity contribution >= 4 is 0 Å². The standard InChI is InChI=1S/C8H15N/c1-5-6-7(9)8(2,3)4/h5-6H,1,9H2,2-4H3/b7-6+. The molecule has 0 aliphatic carbocycles. The van der Waals surface area contributed by atoms with Gasteiger partial charge in [-0.15, -0.1) is 0 Å². The average molecular weight is 125 g/mol. The normalized spacial score (nSPS) is 13.4. The van der Waals surface area contributed by atoms with Crippen LogP contribution in [0.15, 0.2) is 24.4 Å². The molecule has 0 amide bonds. The molecule has 0 atom stereocenters. The predicted molar refractivity (Wildman–Crippen MR) is 41.9 cm³/mol. The topological polar surface area (TPSA) is 26.0 Å². The first kappa shape index (κ1) is 8.28. The minimum Gasteiger partial charge on any atom is -0.402 e. The zero-order valence-corrected chi connectivity index (χ0v) is 6.44. The summed E-state index contributed by atoms with van der Waals surface area (Å²) in [5, 5.41) is 0. The number of hydrogen-bond donors (Lipinski definition) is 1. The van der Waals surface area contributed by atoms with Crippen molar-refractivity contribution in [1.29, 1.82) is 0 Å². The molecule has 52 valence electrons. The van der Waals surface area contributed by atoms with Crippen LogP contribution in [0.2, 0.25) is 0 Å². The molecule has 0 radical (unpaired) electrons. The molecule has 9 heavy (non-hydrogen) atoms. The van der Waals surface area contributed by atoms with Crippen LogP contribution in [0.4, 0.5) is 0 Å². The van der Waals surface area contributed by atoms with Crippen molar-refractivity contribution in [3.63, 3.8) is 0 Å². The van der Waals surface area contributed by atoms with Gasteiger partial charge in [-0.1, -0.05) is 33.4 Å². The van der Waals surface area contributed by atoms with Crippen LogP contribution in [0.5, 0.6) is 0 Å². The third-order valence-electron chi connectivity index (χ3n) is 1.16. The van der Waals surface area contributed by atoms with E-state index >= 15 is 0 Å². The lowest BCUT2D eigenvalue weighted by molar-refractivity contribution is 0.497. The van der Waals surface area contributed by atoms with Crippen molar-refractivity contribution in [3.05, 3.63) is 24.4 Å². The van der Waals surface area contributed by atoms with E-state index < -0.39 is 0 Å². The van der Waals surface area contributed by atoms with E-state index in [1.165, 1.54) is 0 Å². The summed E-state index contributed by atoms with van der Waals surface area (Å²) in [7, 11) is 0. The highest BCUT2D eigenvalue weighted by Gasteiger charge is 2.11. The Kier molecular flexibility index (Phi) is 2.50. The van der Waals surface area contributed by atoms with Crippen LogP contribution in [0, 0.1) is 5.41 Å². The molecule has 0 fully saturated rings. The van der Waals surface area contributed by atoms with Crippen LogP contribution >= 0.6 is 0 Å². The van der Waals surface area contributed by atoms with E-state index in [0.717, 1.165) is 5.70 Å². The maximum absolute atomic E-state index is 5.65. The van der Waals surface area contributed by atoms with Crippen molar-refractivity contribution in [1.82, 2.24) is 0 Å². The lowest BCUT2D eigenvalue weighted by atomic mass is 9.92. The number of hydrogen-bond acceptors (Lipinski definition) is 1. The first-order valence-electron chi connectivity index (χ1n) is 3.07. The largest absolute Gasteiger partial charge is 0.402 e. The SMILES string of the molecule is C=C/C=C(/N)C(C)(C)C. The van der Waals surface area contributed by atoms with Gasteiger partial charge in [-0.05, 0) is 6.08 Å². The Morgan fingerprint density at radius 3 is 2.00 bits per heavy atom. The van der Waals surface area contributed by atoms with Gasteiger partial charge in [0.05, 0.1) is 0 Å². The van der Waals surface area contributed by atoms with Crippen LogP contribution in [0.25, 0.3) is 0 Å². The van der Waals surface area contributed by atoms with E-state index in [4.69, 9.17) is 5.73 Å². The van der Waals surface area contributed by atoms with Gasteiger partial charge in [-0.25, -0.2) is 0 Å². The Labute approximate surface area is 57.3 Å². The second-order valence-corrected chi connectivity index (χ2v) is 3.11. The van der Waals surface area contributed by atoms with Gasteiger partial charge in [-0.3, -0.25) is 0 Å². The minimum absolute atomic E-state index is 0.0776. The van der Waals surface area contributed by atoms with Gasteiger partial charge in [0.25, 0.3) is 0 Å². The zero-order chi connectivity index (χ0) is 7.49. The van der Waals surface area contributed by atoms with Crippen molar-refractivity contribution in [2.75, 3.05) is 0 Å². The third kappa shape index (κ3) is 2.96. The number of rotatable bonds is 1. The van der Waals surface area contributed by atoms with Gasteiger partial charge in [0.1, 0.15) is 0 Å². The molecule has 0 saturated carbocycles. The quantitative estimate of drug-likeness (QED) is 0.533. The summed E-state index contributed by atoms with van der Waals surface area (Å²) in [5.41, 5.74) is 6.60. The van der Waals surface area contributed by atoms with Gasteiger partial charge >= 0.3 is 0 Å². The summed E-state index contributed by atoms with van der Waals surface area (Å²) in [6.07, 6.45) is 3.54. The van der Waals surface area contributed by atoms with Crippen molar-refractivity contribution in [2.45, 2.75) is 20.8 Å². The first-order valence-corrected chi connectivity index (χ1v) is 3.07. The molecule has 0 heterocycles. The zero-order valence-electron chi connectivity index (χ0n) is 6.44. The highest BCUT2D eigenvalue weighted by Crippen LogP contribution is 2.19. The Morgan fingerprint density at radius 2 is 1.89 bits per heavy atom. The van der Waals surface area contributed by atoms with Crippen molar-refractivity contribution < 1.29 is 0 Å². The highest BCUT2D eigenvalue weighted by molar-refractivity contribution is 5.12. The molecule has 1 heteroatoms. The fourth-order valence-electron chi connectivity index (χ4n) is 0.377. The van der Waals surface area contributed by atoms with Gasteiger partial charge in [0.2, 0.25) is 0 Å². The Morgan fingerprint density at radius 1 is 1.44 bits per heavy atom. The predicted octanol–water partition coefficient (Wildman–Crippen LogP) is 2.06. The van der Waals surface area contributed by atoms with Crippen LogP contribution in [0.3, 0.4) is 0 Å². The number of allylic oxidation sites excluding steroid dienone is 3. The molecule has 0 spiro atoms. The lowest BCUT2D eigenvalue weighted by Crippen LogP contribution is -2.16. The maximum atomic E-state index is 5.65. The molecule has 0 aromatic heterocycles. The summed E-state index contributed by atoms with van der Waals surface area (Å²) >= 11 is 0. The molecular weight excluding hydrogens is 110 g/mol. The van der Waals surface area contributed by atoms with E-state index in [1.54, 1.807) is 6.08 Å². The lowest BCUT2D eigenvalue weighted by Gasteiger charge is -2.17. The smallest absolute Gasteiger partial charge is 0.0135 e. The van der Waals surface area contributed by atoms with E-state index in [1.807, 2.05) is 6.08 Å². The fourth-order valence-corrected chi connectivity index (χ4v) is 0.377. The minimum atomic E-state index is 0.0776. The summed E-state index contributed by atoms with van der Waals surface area (Å²) in [4.78, 5) is 0. The summed E-state index contributed by atoms with van der Waals surface area (Å²) < 4.78 is 0. The van der Waals surface area contributed by atoms with Crippen LogP contribution in [0.1, 0.15) is 20.8 Å². The van der Waals surface area contributed by atoms with Crippen LogP contribution in [-0.4, -0.2) is 0 Å². The van der Waals surface area contributed by atoms with Crippen LogP contribution in [-0.2, 0) is 0 Å². The molecule has 0 aliphatic heterocycles. The molecular formula is C8H15N. The molecule has 0 aliphatic rings. The summed E-state index contributed by atoms with van der Waals surface area (Å²) in [6.45, 7) is 9.77. The third-order valence-corrected chi connectivity index (χ3v) is 1.16. The Balaban J connectivity index is 4.19. The van der Waals surface area contributed by atoms with E-state index in [0.29, 0.717) is 0 Å². The summed E-state index contributed by atoms with van der Waals surface area (Å²) in [6, 6.07) is 0. The monoisotopic (exact) mass is 125 g/mol. The highest BCUT2D eigenvalue weighted by atomic mass is 14.6. The van der Waals surface area contributed by atoms with Gasteiger partial charge < -0.3 is 5.73 Å². The van der Waals surface area contributed by atoms with Gasteiger partial charge in [0, 0.05) is 11.1 Å². The van der Waals surface area contributed by atoms with Crippen molar-refractivity contribution in [2.24, 2.45) is 11.1 Å². The van der Waals surface area contributed by atoms with Gasteiger partial charge in [-0.2, -0.15) is 0 Å². The van der Waals surface area contributed by atoms with Crippen LogP contribution < -0.4 is 5.73 Å². The van der Waals surface area contributed by atoms with E-state index in [9.17, 15) is 0 Å². The molecule has 2 N–H and O–H groups in total. The molecule has 0 aromatic carbocycles. The fraction of sp³-hybridized carbons (Fsp3) is 0.500. The molecule has 0 bridgehead atoms. The Hall–Kier alpha value is -0.720. The van der Waals surface area contributed by atoms with Crippen molar-refractivity contribution in [3.8, 4) is 0 Å². The second-order valence-electron chi connectivity index (χ2n) is 3.11. The molecule has 0 rings (SSSR count).